The molecule has 18 heavy (non-hydrogen) atoms. The fraction of sp³-hybridized carbons (Fsp3) is 0.583. The second-order valence-electron chi connectivity index (χ2n) is 4.44. The molecule has 1 unspecified atom stereocenters. The normalized spacial score (nSPS) is 20.4. The number of aliphatic hydroxyl groups excluding tert-OH is 1. The van der Waals surface area contributed by atoms with E-state index in [-0.39, 0.29) is 12.8 Å². The summed E-state index contributed by atoms with van der Waals surface area (Å²) in [5.74, 6) is 0. The van der Waals surface area contributed by atoms with Gasteiger partial charge in [0.05, 0.1) is 12.0 Å². The van der Waals surface area contributed by atoms with Crippen LogP contribution in [0.5, 0.6) is 0 Å². The summed E-state index contributed by atoms with van der Waals surface area (Å²) in [6.07, 6.45) is 7.09. The molecule has 2 aromatic heterocycles. The molecule has 1 N–H and O–H groups in total. The van der Waals surface area contributed by atoms with Gasteiger partial charge in [-0.2, -0.15) is 0 Å². The number of rotatable bonds is 3. The Kier molecular flexibility index (Phi) is 3.21. The standard InChI is InChI=1S/C12H16N4O2/c17-5-4-9-11-12(14-7-13-9)16(8-15-11)10-3-1-2-6-18-10/h7-8,10,17H,1-6H2. The molecule has 2 aromatic rings. The fourth-order valence-corrected chi connectivity index (χ4v) is 2.34. The number of fused-ring (bicyclic) bond motifs is 1. The highest BCUT2D eigenvalue weighted by Gasteiger charge is 2.19. The maximum atomic E-state index is 9.01. The van der Waals surface area contributed by atoms with E-state index in [2.05, 4.69) is 15.0 Å². The smallest absolute Gasteiger partial charge is 0.165 e. The molecule has 1 aliphatic rings. The van der Waals surface area contributed by atoms with E-state index in [9.17, 15) is 0 Å². The first-order valence-electron chi connectivity index (χ1n) is 6.29. The topological polar surface area (TPSA) is 73.1 Å². The van der Waals surface area contributed by atoms with E-state index in [1.807, 2.05) is 4.57 Å². The van der Waals surface area contributed by atoms with Crippen LogP contribution in [0, 0.1) is 0 Å². The fourth-order valence-electron chi connectivity index (χ4n) is 2.34. The summed E-state index contributed by atoms with van der Waals surface area (Å²) >= 11 is 0. The summed E-state index contributed by atoms with van der Waals surface area (Å²) in [7, 11) is 0. The predicted octanol–water partition coefficient (Wildman–Crippen LogP) is 1.06. The van der Waals surface area contributed by atoms with Crippen LogP contribution in [0.3, 0.4) is 0 Å². The van der Waals surface area contributed by atoms with Crippen molar-refractivity contribution in [3.63, 3.8) is 0 Å². The van der Waals surface area contributed by atoms with Gasteiger partial charge in [0.15, 0.2) is 5.65 Å². The van der Waals surface area contributed by atoms with Crippen LogP contribution in [0.2, 0.25) is 0 Å². The van der Waals surface area contributed by atoms with Gasteiger partial charge in [0.25, 0.3) is 0 Å². The molecule has 1 fully saturated rings. The van der Waals surface area contributed by atoms with Crippen LogP contribution in [0.4, 0.5) is 0 Å². The third-order valence-corrected chi connectivity index (χ3v) is 3.25. The van der Waals surface area contributed by atoms with Crippen LogP contribution in [0.25, 0.3) is 11.2 Å². The third-order valence-electron chi connectivity index (χ3n) is 3.25. The summed E-state index contributed by atoms with van der Waals surface area (Å²) in [4.78, 5) is 12.8. The van der Waals surface area contributed by atoms with Gasteiger partial charge in [-0.05, 0) is 19.3 Å². The number of ether oxygens (including phenoxy) is 1. The van der Waals surface area contributed by atoms with Gasteiger partial charge in [0, 0.05) is 19.6 Å². The van der Waals surface area contributed by atoms with Gasteiger partial charge in [-0.15, -0.1) is 0 Å². The van der Waals surface area contributed by atoms with E-state index in [0.717, 1.165) is 36.3 Å². The van der Waals surface area contributed by atoms with E-state index in [4.69, 9.17) is 9.84 Å². The molecule has 1 atom stereocenters. The number of imidazole rings is 1. The zero-order valence-corrected chi connectivity index (χ0v) is 10.1. The van der Waals surface area contributed by atoms with Gasteiger partial charge in [0.2, 0.25) is 0 Å². The van der Waals surface area contributed by atoms with Crippen molar-refractivity contribution in [3.05, 3.63) is 18.3 Å². The van der Waals surface area contributed by atoms with Crippen LogP contribution in [0.1, 0.15) is 31.2 Å². The van der Waals surface area contributed by atoms with Crippen molar-refractivity contribution < 1.29 is 9.84 Å². The predicted molar refractivity (Wildman–Crippen MR) is 65.0 cm³/mol. The summed E-state index contributed by atoms with van der Waals surface area (Å²) in [6, 6.07) is 0. The number of aliphatic hydroxyl groups is 1. The lowest BCUT2D eigenvalue weighted by atomic mass is 10.2. The van der Waals surface area contributed by atoms with Crippen LogP contribution < -0.4 is 0 Å². The monoisotopic (exact) mass is 248 g/mol. The molecule has 0 radical (unpaired) electrons. The average Bonchev–Trinajstić information content (AvgIpc) is 2.85. The Bertz CT molecular complexity index is 534. The summed E-state index contributed by atoms with van der Waals surface area (Å²) < 4.78 is 7.71. The molecule has 0 spiro atoms. The zero-order chi connectivity index (χ0) is 12.4. The van der Waals surface area contributed by atoms with Gasteiger partial charge in [-0.3, -0.25) is 4.57 Å². The van der Waals surface area contributed by atoms with Crippen LogP contribution in [-0.4, -0.2) is 37.8 Å². The highest BCUT2D eigenvalue weighted by molar-refractivity contribution is 5.73. The van der Waals surface area contributed by atoms with Crippen LogP contribution >= 0.6 is 0 Å². The first kappa shape index (κ1) is 11.6. The largest absolute Gasteiger partial charge is 0.396 e. The quantitative estimate of drug-likeness (QED) is 0.879. The Morgan fingerprint density at radius 1 is 1.33 bits per heavy atom. The highest BCUT2D eigenvalue weighted by atomic mass is 16.5. The summed E-state index contributed by atoms with van der Waals surface area (Å²) in [5, 5.41) is 9.01. The van der Waals surface area contributed by atoms with E-state index >= 15 is 0 Å². The Hall–Kier alpha value is -1.53. The highest BCUT2D eigenvalue weighted by Crippen LogP contribution is 2.25. The maximum Gasteiger partial charge on any atom is 0.165 e. The minimum atomic E-state index is 0.0284. The summed E-state index contributed by atoms with van der Waals surface area (Å²) in [6.45, 7) is 0.859. The number of hydrogen-bond donors (Lipinski definition) is 1. The second kappa shape index (κ2) is 4.99. The molecule has 0 aliphatic carbocycles. The third kappa shape index (κ3) is 1.97. The molecule has 0 aromatic carbocycles. The second-order valence-corrected chi connectivity index (χ2v) is 4.44. The molecular formula is C12H16N4O2. The Labute approximate surface area is 105 Å². The van der Waals surface area contributed by atoms with E-state index in [1.54, 1.807) is 6.33 Å². The molecule has 3 rings (SSSR count). The van der Waals surface area contributed by atoms with Crippen molar-refractivity contribution in [2.45, 2.75) is 31.9 Å². The Morgan fingerprint density at radius 3 is 3.06 bits per heavy atom. The molecule has 1 aliphatic heterocycles. The molecule has 0 amide bonds. The van der Waals surface area contributed by atoms with E-state index < -0.39 is 0 Å². The van der Waals surface area contributed by atoms with E-state index in [1.165, 1.54) is 12.7 Å². The van der Waals surface area contributed by atoms with Gasteiger partial charge < -0.3 is 9.84 Å². The lowest BCUT2D eigenvalue weighted by molar-refractivity contribution is -0.0298. The molecule has 0 saturated carbocycles. The molecule has 6 nitrogen and oxygen atoms in total. The Morgan fingerprint density at radius 2 is 2.28 bits per heavy atom. The Balaban J connectivity index is 2.00. The van der Waals surface area contributed by atoms with E-state index in [0.29, 0.717) is 6.42 Å². The molecule has 3 heterocycles. The van der Waals surface area contributed by atoms with Crippen molar-refractivity contribution in [1.29, 1.82) is 0 Å². The molecule has 6 heteroatoms. The minimum absolute atomic E-state index is 0.0284. The average molecular weight is 248 g/mol. The number of hydrogen-bond acceptors (Lipinski definition) is 5. The van der Waals surface area contributed by atoms with Crippen molar-refractivity contribution in [2.75, 3.05) is 13.2 Å². The van der Waals surface area contributed by atoms with Crippen LogP contribution in [-0.2, 0) is 11.2 Å². The van der Waals surface area contributed by atoms with Crippen LogP contribution in [0.15, 0.2) is 12.7 Å². The zero-order valence-electron chi connectivity index (χ0n) is 10.1. The van der Waals surface area contributed by atoms with Crippen molar-refractivity contribution >= 4 is 11.2 Å². The van der Waals surface area contributed by atoms with Gasteiger partial charge in [-0.25, -0.2) is 15.0 Å². The number of nitrogens with zero attached hydrogens (tertiary/aromatic N) is 4. The molecule has 96 valence electrons. The van der Waals surface area contributed by atoms with Crippen molar-refractivity contribution in [1.82, 2.24) is 19.5 Å². The van der Waals surface area contributed by atoms with Gasteiger partial charge in [-0.1, -0.05) is 0 Å². The molecule has 0 bridgehead atoms. The lowest BCUT2D eigenvalue weighted by Crippen LogP contribution is -2.17. The summed E-state index contributed by atoms with van der Waals surface area (Å²) in [5.41, 5.74) is 2.35. The van der Waals surface area contributed by atoms with Gasteiger partial charge in [0.1, 0.15) is 18.1 Å². The maximum absolute atomic E-state index is 9.01. The first-order chi connectivity index (χ1) is 8.90. The molecule has 1 saturated heterocycles. The first-order valence-corrected chi connectivity index (χ1v) is 6.29. The van der Waals surface area contributed by atoms with Gasteiger partial charge >= 0.3 is 0 Å². The van der Waals surface area contributed by atoms with Crippen molar-refractivity contribution in [2.24, 2.45) is 0 Å². The lowest BCUT2D eigenvalue weighted by Gasteiger charge is -2.23. The number of aromatic nitrogens is 4. The van der Waals surface area contributed by atoms with Crippen molar-refractivity contribution in [3.8, 4) is 0 Å². The molecular weight excluding hydrogens is 232 g/mol. The minimum Gasteiger partial charge on any atom is -0.396 e. The SMILES string of the molecule is OCCc1ncnc2c1ncn2C1CCCCO1.